The van der Waals surface area contributed by atoms with Gasteiger partial charge in [-0.2, -0.15) is 0 Å². The number of rotatable bonds is 6. The van der Waals surface area contributed by atoms with Crippen molar-refractivity contribution < 1.29 is 9.53 Å². The Morgan fingerprint density at radius 2 is 1.75 bits per heavy atom. The van der Waals surface area contributed by atoms with Crippen molar-refractivity contribution in [3.05, 3.63) is 57.8 Å². The Balaban J connectivity index is 2.48. The summed E-state index contributed by atoms with van der Waals surface area (Å²) in [4.78, 5) is 1.03. The molecule has 2 aromatic rings. The van der Waals surface area contributed by atoms with E-state index >= 15 is 0 Å². The highest BCUT2D eigenvalue weighted by Crippen LogP contribution is 2.43. The minimum atomic E-state index is -1.95. The van der Waals surface area contributed by atoms with Crippen LogP contribution >= 0.6 is 11.3 Å². The molecule has 24 heavy (non-hydrogen) atoms. The van der Waals surface area contributed by atoms with Crippen LogP contribution in [-0.2, 0) is 4.43 Å². The number of benzene rings is 1. The predicted octanol–water partition coefficient (Wildman–Crippen LogP) is 6.30. The number of thiophene rings is 1. The van der Waals surface area contributed by atoms with Gasteiger partial charge in [-0.15, -0.1) is 11.3 Å². The molecule has 132 valence electrons. The van der Waals surface area contributed by atoms with E-state index in [2.05, 4.69) is 69.6 Å². The lowest BCUT2D eigenvalue weighted by Crippen LogP contribution is -2.42. The van der Waals surface area contributed by atoms with Crippen LogP contribution in [0.2, 0.25) is 18.1 Å². The van der Waals surface area contributed by atoms with Crippen molar-refractivity contribution in [2.24, 2.45) is 0 Å². The van der Waals surface area contributed by atoms with Crippen LogP contribution in [0.5, 0.6) is 0 Å². The van der Waals surface area contributed by atoms with Gasteiger partial charge < -0.3 is 9.53 Å². The van der Waals surface area contributed by atoms with Gasteiger partial charge in [-0.3, -0.25) is 0 Å². The Hall–Kier alpha value is -0.943. The Morgan fingerprint density at radius 3 is 2.29 bits per heavy atom. The molecule has 2 unspecified atom stereocenters. The maximum Gasteiger partial charge on any atom is 0.193 e. The smallest absolute Gasteiger partial charge is 0.193 e. The molecule has 0 fully saturated rings. The molecular formula is C20H30O2SSi. The van der Waals surface area contributed by atoms with Gasteiger partial charge in [0.2, 0.25) is 0 Å². The van der Waals surface area contributed by atoms with Crippen LogP contribution in [0.1, 0.15) is 62.3 Å². The van der Waals surface area contributed by atoms with Gasteiger partial charge in [-0.25, -0.2) is 0 Å². The van der Waals surface area contributed by atoms with Gasteiger partial charge in [-0.1, -0.05) is 58.0 Å². The summed E-state index contributed by atoms with van der Waals surface area (Å²) in [5, 5.41) is 12.6. The largest absolute Gasteiger partial charge is 0.406 e. The molecule has 1 heterocycles. The van der Waals surface area contributed by atoms with Crippen LogP contribution < -0.4 is 0 Å². The summed E-state index contributed by atoms with van der Waals surface area (Å²) in [6.07, 6.45) is 0.179. The first-order chi connectivity index (χ1) is 11.2. The van der Waals surface area contributed by atoms with E-state index in [4.69, 9.17) is 4.43 Å². The van der Waals surface area contributed by atoms with Crippen LogP contribution in [-0.4, -0.2) is 13.4 Å². The zero-order valence-electron chi connectivity index (χ0n) is 15.7. The van der Waals surface area contributed by atoms with E-state index in [1.165, 1.54) is 0 Å². The molecule has 0 aliphatic rings. The quantitative estimate of drug-likeness (QED) is 0.611. The van der Waals surface area contributed by atoms with Crippen molar-refractivity contribution >= 4 is 19.7 Å². The first kappa shape index (κ1) is 19.4. The highest BCUT2D eigenvalue weighted by molar-refractivity contribution is 7.10. The van der Waals surface area contributed by atoms with E-state index in [1.807, 2.05) is 13.0 Å². The van der Waals surface area contributed by atoms with Crippen molar-refractivity contribution in [3.63, 3.8) is 0 Å². The Bertz CT molecular complexity index is 643. The normalized spacial score (nSPS) is 15.3. The monoisotopic (exact) mass is 362 g/mol. The summed E-state index contributed by atoms with van der Waals surface area (Å²) in [5.41, 5.74) is 2.27. The molecule has 0 spiro atoms. The molecule has 1 aromatic carbocycles. The highest BCUT2D eigenvalue weighted by atomic mass is 32.1. The summed E-state index contributed by atoms with van der Waals surface area (Å²) in [7, 11) is -1.95. The van der Waals surface area contributed by atoms with Crippen LogP contribution in [0.4, 0.5) is 0 Å². The molecule has 0 radical (unpaired) electrons. The molecule has 2 atom stereocenters. The summed E-state index contributed by atoms with van der Waals surface area (Å²) in [6, 6.07) is 12.5. The van der Waals surface area contributed by atoms with E-state index in [1.54, 1.807) is 11.3 Å². The Kier molecular flexibility index (Phi) is 6.08. The van der Waals surface area contributed by atoms with E-state index < -0.39 is 14.4 Å². The molecule has 4 heteroatoms. The van der Waals surface area contributed by atoms with Gasteiger partial charge in [0.15, 0.2) is 8.32 Å². The molecular weight excluding hydrogens is 332 g/mol. The van der Waals surface area contributed by atoms with E-state index in [9.17, 15) is 5.11 Å². The molecule has 0 aliphatic carbocycles. The van der Waals surface area contributed by atoms with Gasteiger partial charge in [0.25, 0.3) is 0 Å². The van der Waals surface area contributed by atoms with Gasteiger partial charge in [-0.05, 0) is 41.6 Å². The SMILES string of the molecule is CCC(O)c1sccc1C(O[Si](C)(C)C(C)(C)C)c1ccccc1. The number of hydrogen-bond donors (Lipinski definition) is 1. The zero-order chi connectivity index (χ0) is 18.0. The second-order valence-electron chi connectivity index (χ2n) is 7.83. The Labute approximate surface area is 151 Å². The summed E-state index contributed by atoms with van der Waals surface area (Å²) < 4.78 is 6.80. The minimum absolute atomic E-state index is 0.116. The van der Waals surface area contributed by atoms with Crippen LogP contribution in [0.3, 0.4) is 0 Å². The van der Waals surface area contributed by atoms with Crippen molar-refractivity contribution in [3.8, 4) is 0 Å². The highest BCUT2D eigenvalue weighted by Gasteiger charge is 2.40. The second-order valence-corrected chi connectivity index (χ2v) is 13.5. The van der Waals surface area contributed by atoms with E-state index in [0.717, 1.165) is 22.4 Å². The molecule has 0 amide bonds. The summed E-state index contributed by atoms with van der Waals surface area (Å²) in [5.74, 6) is 0. The first-order valence-electron chi connectivity index (χ1n) is 8.65. The van der Waals surface area contributed by atoms with Crippen molar-refractivity contribution in [2.45, 2.75) is 64.5 Å². The summed E-state index contributed by atoms with van der Waals surface area (Å²) in [6.45, 7) is 13.4. The van der Waals surface area contributed by atoms with E-state index in [-0.39, 0.29) is 11.1 Å². The van der Waals surface area contributed by atoms with Crippen LogP contribution in [0.25, 0.3) is 0 Å². The van der Waals surface area contributed by atoms with Crippen LogP contribution in [0, 0.1) is 0 Å². The van der Waals surface area contributed by atoms with Gasteiger partial charge in [0, 0.05) is 10.4 Å². The molecule has 0 saturated heterocycles. The summed E-state index contributed by atoms with van der Waals surface area (Å²) >= 11 is 1.62. The molecule has 0 aliphatic heterocycles. The lowest BCUT2D eigenvalue weighted by Gasteiger charge is -2.39. The standard InChI is InChI=1S/C20H30O2SSi/c1-7-17(21)19-16(13-14-23-19)18(15-11-9-8-10-12-15)22-24(5,6)20(2,3)4/h8-14,17-18,21H,7H2,1-6H3. The average Bonchev–Trinajstić information content (AvgIpc) is 3.01. The fourth-order valence-electron chi connectivity index (χ4n) is 2.41. The van der Waals surface area contributed by atoms with Gasteiger partial charge >= 0.3 is 0 Å². The van der Waals surface area contributed by atoms with Crippen molar-refractivity contribution in [2.75, 3.05) is 0 Å². The lowest BCUT2D eigenvalue weighted by atomic mass is 10.00. The third-order valence-electron chi connectivity index (χ3n) is 5.02. The fourth-order valence-corrected chi connectivity index (χ4v) is 4.62. The fraction of sp³-hybridized carbons (Fsp3) is 0.500. The van der Waals surface area contributed by atoms with E-state index in [0.29, 0.717) is 0 Å². The third kappa shape index (κ3) is 4.17. The maximum atomic E-state index is 10.4. The zero-order valence-corrected chi connectivity index (χ0v) is 17.5. The Morgan fingerprint density at radius 1 is 1.12 bits per heavy atom. The van der Waals surface area contributed by atoms with Crippen molar-refractivity contribution in [1.82, 2.24) is 0 Å². The molecule has 2 nitrogen and oxygen atoms in total. The third-order valence-corrected chi connectivity index (χ3v) is 10.5. The lowest BCUT2D eigenvalue weighted by molar-refractivity contribution is 0.169. The first-order valence-corrected chi connectivity index (χ1v) is 12.4. The minimum Gasteiger partial charge on any atom is -0.406 e. The van der Waals surface area contributed by atoms with Gasteiger partial charge in [0.05, 0.1) is 12.2 Å². The molecule has 0 bridgehead atoms. The van der Waals surface area contributed by atoms with Crippen LogP contribution in [0.15, 0.2) is 41.8 Å². The molecule has 0 saturated carbocycles. The number of aliphatic hydroxyl groups excluding tert-OH is 1. The predicted molar refractivity (Wildman–Crippen MR) is 106 cm³/mol. The van der Waals surface area contributed by atoms with Crippen molar-refractivity contribution in [1.29, 1.82) is 0 Å². The number of aliphatic hydroxyl groups is 1. The molecule has 1 N–H and O–H groups in total. The average molecular weight is 363 g/mol. The topological polar surface area (TPSA) is 29.5 Å². The molecule has 2 rings (SSSR count). The molecule has 1 aromatic heterocycles. The second kappa shape index (κ2) is 7.52. The maximum absolute atomic E-state index is 10.4. The van der Waals surface area contributed by atoms with Gasteiger partial charge in [0.1, 0.15) is 0 Å². The number of hydrogen-bond acceptors (Lipinski definition) is 3.